The van der Waals surface area contributed by atoms with Crippen molar-refractivity contribution in [2.24, 2.45) is 0 Å². The second-order valence-corrected chi connectivity index (χ2v) is 5.43. The number of hydrogen-bond acceptors (Lipinski definition) is 5. The van der Waals surface area contributed by atoms with E-state index in [1.807, 2.05) is 18.2 Å². The van der Waals surface area contributed by atoms with Gasteiger partial charge in [0, 0.05) is 0 Å². The SMILES string of the molecule is O=C(O)CSc1nnc(Cc2ccc3ccccc3c2)o1. The van der Waals surface area contributed by atoms with Gasteiger partial charge in [0.25, 0.3) is 5.22 Å². The summed E-state index contributed by atoms with van der Waals surface area (Å²) in [5, 5.41) is 19.0. The van der Waals surface area contributed by atoms with E-state index < -0.39 is 5.97 Å². The molecular formula is C15H12N2O3S. The molecule has 1 aromatic heterocycles. The fourth-order valence-corrected chi connectivity index (χ4v) is 2.52. The Balaban J connectivity index is 1.74. The minimum Gasteiger partial charge on any atom is -0.481 e. The van der Waals surface area contributed by atoms with Crippen LogP contribution in [0, 0.1) is 0 Å². The number of fused-ring (bicyclic) bond motifs is 1. The Morgan fingerprint density at radius 1 is 1.14 bits per heavy atom. The molecule has 3 aromatic rings. The third-order valence-corrected chi connectivity index (χ3v) is 3.74. The smallest absolute Gasteiger partial charge is 0.314 e. The lowest BCUT2D eigenvalue weighted by molar-refractivity contribution is -0.133. The molecule has 0 saturated carbocycles. The van der Waals surface area contributed by atoms with E-state index in [-0.39, 0.29) is 11.0 Å². The summed E-state index contributed by atoms with van der Waals surface area (Å²) < 4.78 is 5.43. The molecule has 0 fully saturated rings. The van der Waals surface area contributed by atoms with E-state index in [9.17, 15) is 4.79 Å². The van der Waals surface area contributed by atoms with Crippen molar-refractivity contribution in [2.45, 2.75) is 11.6 Å². The molecule has 21 heavy (non-hydrogen) atoms. The highest BCUT2D eigenvalue weighted by Crippen LogP contribution is 2.20. The first kappa shape index (κ1) is 13.6. The van der Waals surface area contributed by atoms with Crippen molar-refractivity contribution >= 4 is 28.5 Å². The van der Waals surface area contributed by atoms with Gasteiger partial charge < -0.3 is 9.52 Å². The molecule has 5 nitrogen and oxygen atoms in total. The summed E-state index contributed by atoms with van der Waals surface area (Å²) in [6.07, 6.45) is 0.533. The zero-order valence-corrected chi connectivity index (χ0v) is 11.8. The Hall–Kier alpha value is -2.34. The lowest BCUT2D eigenvalue weighted by Crippen LogP contribution is -1.97. The van der Waals surface area contributed by atoms with E-state index in [4.69, 9.17) is 9.52 Å². The van der Waals surface area contributed by atoms with Gasteiger partial charge in [-0.3, -0.25) is 4.79 Å². The van der Waals surface area contributed by atoms with Crippen LogP contribution in [0.2, 0.25) is 0 Å². The van der Waals surface area contributed by atoms with E-state index in [0.717, 1.165) is 22.7 Å². The Morgan fingerprint density at radius 3 is 2.76 bits per heavy atom. The minimum atomic E-state index is -0.908. The Morgan fingerprint density at radius 2 is 1.95 bits per heavy atom. The van der Waals surface area contributed by atoms with Gasteiger partial charge in [-0.15, -0.1) is 10.2 Å². The summed E-state index contributed by atoms with van der Waals surface area (Å²) in [4.78, 5) is 10.5. The first-order valence-electron chi connectivity index (χ1n) is 6.35. The zero-order valence-electron chi connectivity index (χ0n) is 11.0. The number of thioether (sulfide) groups is 1. The largest absolute Gasteiger partial charge is 0.481 e. The molecular weight excluding hydrogens is 288 g/mol. The summed E-state index contributed by atoms with van der Waals surface area (Å²) in [5.41, 5.74) is 1.08. The van der Waals surface area contributed by atoms with E-state index in [2.05, 4.69) is 34.5 Å². The lowest BCUT2D eigenvalue weighted by atomic mass is 10.1. The Bertz CT molecular complexity index is 785. The van der Waals surface area contributed by atoms with E-state index in [0.29, 0.717) is 12.3 Å². The monoisotopic (exact) mass is 300 g/mol. The number of hydrogen-bond donors (Lipinski definition) is 1. The quantitative estimate of drug-likeness (QED) is 0.730. The molecule has 0 aliphatic heterocycles. The molecule has 0 unspecified atom stereocenters. The topological polar surface area (TPSA) is 76.2 Å². The van der Waals surface area contributed by atoms with Gasteiger partial charge in [-0.25, -0.2) is 0 Å². The van der Waals surface area contributed by atoms with Crippen molar-refractivity contribution in [1.29, 1.82) is 0 Å². The third kappa shape index (κ3) is 3.41. The summed E-state index contributed by atoms with van der Waals surface area (Å²) in [6.45, 7) is 0. The van der Waals surface area contributed by atoms with Crippen LogP contribution in [0.5, 0.6) is 0 Å². The maximum atomic E-state index is 10.5. The molecule has 0 aliphatic rings. The molecule has 0 bridgehead atoms. The normalized spacial score (nSPS) is 10.9. The standard InChI is InChI=1S/C15H12N2O3S/c18-14(19)9-21-15-17-16-13(20-15)8-10-5-6-11-3-1-2-4-12(11)7-10/h1-7H,8-9H2,(H,18,19). The highest BCUT2D eigenvalue weighted by Gasteiger charge is 2.09. The van der Waals surface area contributed by atoms with Gasteiger partial charge in [0.15, 0.2) is 0 Å². The van der Waals surface area contributed by atoms with Gasteiger partial charge in [0.05, 0.1) is 6.42 Å². The molecule has 1 N–H and O–H groups in total. The fourth-order valence-electron chi connectivity index (χ4n) is 2.01. The highest BCUT2D eigenvalue weighted by molar-refractivity contribution is 7.99. The molecule has 0 atom stereocenters. The van der Waals surface area contributed by atoms with Gasteiger partial charge in [-0.1, -0.05) is 54.2 Å². The summed E-state index contributed by atoms with van der Waals surface area (Å²) in [7, 11) is 0. The van der Waals surface area contributed by atoms with Crippen molar-refractivity contribution < 1.29 is 14.3 Å². The predicted octanol–water partition coefficient (Wildman–Crippen LogP) is 2.99. The van der Waals surface area contributed by atoms with Gasteiger partial charge in [0.1, 0.15) is 5.75 Å². The molecule has 0 radical (unpaired) electrons. The summed E-state index contributed by atoms with van der Waals surface area (Å²) in [6, 6.07) is 14.3. The van der Waals surface area contributed by atoms with Crippen molar-refractivity contribution in [3.63, 3.8) is 0 Å². The van der Waals surface area contributed by atoms with Crippen LogP contribution < -0.4 is 0 Å². The van der Waals surface area contributed by atoms with E-state index >= 15 is 0 Å². The zero-order chi connectivity index (χ0) is 14.7. The molecule has 0 saturated heterocycles. The van der Waals surface area contributed by atoms with Gasteiger partial charge in [-0.05, 0) is 16.3 Å². The number of carboxylic acid groups (broad SMARTS) is 1. The van der Waals surface area contributed by atoms with Crippen LogP contribution in [0.3, 0.4) is 0 Å². The molecule has 6 heteroatoms. The number of carboxylic acids is 1. The molecule has 3 rings (SSSR count). The molecule has 2 aromatic carbocycles. The molecule has 0 amide bonds. The number of aromatic nitrogens is 2. The fraction of sp³-hybridized carbons (Fsp3) is 0.133. The van der Waals surface area contributed by atoms with Crippen LogP contribution in [-0.2, 0) is 11.2 Å². The van der Waals surface area contributed by atoms with Crippen LogP contribution in [-0.4, -0.2) is 27.0 Å². The minimum absolute atomic E-state index is 0.0857. The predicted molar refractivity (Wildman–Crippen MR) is 79.4 cm³/mol. The van der Waals surface area contributed by atoms with Crippen LogP contribution in [0.4, 0.5) is 0 Å². The summed E-state index contributed by atoms with van der Waals surface area (Å²) >= 11 is 1.02. The first-order valence-corrected chi connectivity index (χ1v) is 7.34. The van der Waals surface area contributed by atoms with Crippen LogP contribution in [0.25, 0.3) is 10.8 Å². The molecule has 0 aliphatic carbocycles. The van der Waals surface area contributed by atoms with Gasteiger partial charge in [-0.2, -0.15) is 0 Å². The van der Waals surface area contributed by atoms with Gasteiger partial charge >= 0.3 is 5.97 Å². The second-order valence-electron chi connectivity index (χ2n) is 4.50. The Kier molecular flexibility index (Phi) is 3.87. The Labute approximate surface area is 125 Å². The molecule has 0 spiro atoms. The van der Waals surface area contributed by atoms with Crippen LogP contribution >= 0.6 is 11.8 Å². The molecule has 106 valence electrons. The summed E-state index contributed by atoms with van der Waals surface area (Å²) in [5.74, 6) is -0.509. The van der Waals surface area contributed by atoms with Crippen LogP contribution in [0.15, 0.2) is 52.1 Å². The average molecular weight is 300 g/mol. The van der Waals surface area contributed by atoms with Crippen LogP contribution in [0.1, 0.15) is 11.5 Å². The first-order chi connectivity index (χ1) is 10.2. The lowest BCUT2D eigenvalue weighted by Gasteiger charge is -2.01. The maximum absolute atomic E-state index is 10.5. The number of nitrogens with zero attached hydrogens (tertiary/aromatic N) is 2. The maximum Gasteiger partial charge on any atom is 0.314 e. The van der Waals surface area contributed by atoms with E-state index in [1.165, 1.54) is 5.39 Å². The van der Waals surface area contributed by atoms with Crippen molar-refractivity contribution in [3.8, 4) is 0 Å². The van der Waals surface area contributed by atoms with E-state index in [1.54, 1.807) is 0 Å². The second kappa shape index (κ2) is 5.97. The number of carbonyl (C=O) groups is 1. The number of aliphatic carboxylic acids is 1. The third-order valence-electron chi connectivity index (χ3n) is 2.94. The average Bonchev–Trinajstić information content (AvgIpc) is 2.92. The molecule has 1 heterocycles. The number of rotatable bonds is 5. The highest BCUT2D eigenvalue weighted by atomic mass is 32.2. The van der Waals surface area contributed by atoms with Gasteiger partial charge in [0.2, 0.25) is 5.89 Å². The van der Waals surface area contributed by atoms with Crippen molar-refractivity contribution in [3.05, 3.63) is 53.9 Å². The van der Waals surface area contributed by atoms with Crippen molar-refractivity contribution in [2.75, 3.05) is 5.75 Å². The van der Waals surface area contributed by atoms with Crippen molar-refractivity contribution in [1.82, 2.24) is 10.2 Å². The number of benzene rings is 2.